The van der Waals surface area contributed by atoms with Crippen LogP contribution in [0.5, 0.6) is 5.75 Å². The van der Waals surface area contributed by atoms with Crippen LogP contribution in [0.3, 0.4) is 0 Å². The third kappa shape index (κ3) is 7.04. The van der Waals surface area contributed by atoms with Crippen LogP contribution in [-0.2, 0) is 44.7 Å². The maximum atomic E-state index is 12.3. The average molecular weight is 577 g/mol. The number of nitrogens with zero attached hydrogens (tertiary/aromatic N) is 3. The van der Waals surface area contributed by atoms with E-state index in [1.54, 1.807) is 0 Å². The first-order valence-corrected chi connectivity index (χ1v) is 13.2. The highest BCUT2D eigenvalue weighted by atomic mass is 32.1. The second kappa shape index (κ2) is 12.6. The van der Waals surface area contributed by atoms with E-state index in [1.165, 1.54) is 32.4 Å². The molecule has 2 fully saturated rings. The van der Waals surface area contributed by atoms with E-state index in [4.69, 9.17) is 41.0 Å². The fourth-order valence-corrected chi connectivity index (χ4v) is 4.98. The molecule has 0 unspecified atom stereocenters. The Morgan fingerprint density at radius 3 is 2.23 bits per heavy atom. The highest BCUT2D eigenvalue weighted by molar-refractivity contribution is 7.71. The molecule has 0 spiro atoms. The second-order valence-corrected chi connectivity index (χ2v) is 9.95. The van der Waals surface area contributed by atoms with E-state index in [9.17, 15) is 19.2 Å². The van der Waals surface area contributed by atoms with Crippen molar-refractivity contribution in [3.05, 3.63) is 40.9 Å². The van der Waals surface area contributed by atoms with E-state index < -0.39 is 54.4 Å². The lowest BCUT2D eigenvalue weighted by molar-refractivity contribution is -0.239. The van der Waals surface area contributed by atoms with Crippen LogP contribution in [0, 0.1) is 4.77 Å². The average Bonchev–Trinajstić information content (AvgIpc) is 3.66. The second-order valence-electron chi connectivity index (χ2n) is 9.59. The Bertz CT molecular complexity index is 1310. The Balaban J connectivity index is 1.76. The predicted molar refractivity (Wildman–Crippen MR) is 139 cm³/mol. The summed E-state index contributed by atoms with van der Waals surface area (Å²) in [5.41, 5.74) is 0. The smallest absolute Gasteiger partial charge is 0.303 e. The largest absolute Gasteiger partial charge is 0.486 e. The van der Waals surface area contributed by atoms with Gasteiger partial charge in [-0.1, -0.05) is 18.2 Å². The minimum Gasteiger partial charge on any atom is -0.486 e. The van der Waals surface area contributed by atoms with Crippen LogP contribution in [0.1, 0.15) is 58.6 Å². The fourth-order valence-electron chi connectivity index (χ4n) is 4.58. The Morgan fingerprint density at radius 1 is 1.00 bits per heavy atom. The molecular formula is C26H32N4O9S. The minimum atomic E-state index is -1.22. The van der Waals surface area contributed by atoms with E-state index >= 15 is 0 Å². The molecule has 1 saturated heterocycles. The summed E-state index contributed by atoms with van der Waals surface area (Å²) in [5.74, 6) is -1.25. The number of esters is 3. The van der Waals surface area contributed by atoms with Crippen molar-refractivity contribution in [3.8, 4) is 5.75 Å². The molecule has 2 aliphatic rings. The summed E-state index contributed by atoms with van der Waals surface area (Å²) in [6.07, 6.45) is -2.83. The minimum absolute atomic E-state index is 0.106. The zero-order valence-electron chi connectivity index (χ0n) is 22.6. The summed E-state index contributed by atoms with van der Waals surface area (Å²) in [6, 6.07) is 8.28. The van der Waals surface area contributed by atoms with Crippen molar-refractivity contribution >= 4 is 36.0 Å². The molecule has 1 N–H and O–H groups in total. The number of hydrogen-bond acceptors (Lipinski definition) is 11. The zero-order chi connectivity index (χ0) is 29.0. The summed E-state index contributed by atoms with van der Waals surface area (Å²) < 4.78 is 32.1. The number of carbonyl (C=O) groups excluding carboxylic acids is 4. The number of aromatic nitrogens is 3. The summed E-state index contributed by atoms with van der Waals surface area (Å²) in [4.78, 5) is 48.1. The monoisotopic (exact) mass is 576 g/mol. The van der Waals surface area contributed by atoms with Crippen molar-refractivity contribution in [3.63, 3.8) is 0 Å². The fraction of sp³-hybridized carbons (Fsp3) is 0.538. The molecule has 13 nitrogen and oxygen atoms in total. The van der Waals surface area contributed by atoms with E-state index in [0.29, 0.717) is 16.3 Å². The van der Waals surface area contributed by atoms with Crippen LogP contribution in [0.4, 0.5) is 0 Å². The molecule has 1 aromatic carbocycles. The van der Waals surface area contributed by atoms with Crippen LogP contribution < -0.4 is 10.1 Å². The van der Waals surface area contributed by atoms with Crippen LogP contribution in [0.2, 0.25) is 0 Å². The highest BCUT2D eigenvalue weighted by Gasteiger charge is 2.52. The Kier molecular flexibility index (Phi) is 9.20. The van der Waals surface area contributed by atoms with Gasteiger partial charge in [0.2, 0.25) is 10.7 Å². The number of para-hydroxylation sites is 1. The molecule has 0 radical (unpaired) electrons. The van der Waals surface area contributed by atoms with Gasteiger partial charge in [0.1, 0.15) is 31.1 Å². The summed E-state index contributed by atoms with van der Waals surface area (Å²) in [7, 11) is 0. The first-order valence-electron chi connectivity index (χ1n) is 12.8. The van der Waals surface area contributed by atoms with E-state index in [-0.39, 0.29) is 19.3 Å². The van der Waals surface area contributed by atoms with Gasteiger partial charge in [0, 0.05) is 33.7 Å². The molecule has 1 aromatic heterocycles. The molecule has 5 atom stereocenters. The van der Waals surface area contributed by atoms with Crippen molar-refractivity contribution < 1.29 is 42.9 Å². The van der Waals surface area contributed by atoms with Gasteiger partial charge in [-0.15, -0.1) is 0 Å². The summed E-state index contributed by atoms with van der Waals surface area (Å²) >= 11 is 5.81. The molecule has 4 rings (SSSR count). The van der Waals surface area contributed by atoms with E-state index in [1.807, 2.05) is 34.9 Å². The normalized spacial score (nSPS) is 24.1. The quantitative estimate of drug-likeness (QED) is 0.252. The number of amides is 1. The molecule has 216 valence electrons. The molecule has 1 amide bonds. The maximum Gasteiger partial charge on any atom is 0.303 e. The Hall–Kier alpha value is -3.78. The summed E-state index contributed by atoms with van der Waals surface area (Å²) in [5, 5.41) is 7.46. The number of hydrogen-bond donors (Lipinski definition) is 1. The van der Waals surface area contributed by atoms with Gasteiger partial charge in [-0.2, -0.15) is 5.10 Å². The molecule has 1 saturated carbocycles. The molecule has 40 heavy (non-hydrogen) atoms. The molecular weight excluding hydrogens is 544 g/mol. The molecule has 2 heterocycles. The topological polar surface area (TPSA) is 149 Å². The van der Waals surface area contributed by atoms with Gasteiger partial charge in [-0.3, -0.25) is 23.7 Å². The lowest BCUT2D eigenvalue weighted by atomic mass is 9.95. The number of nitrogens with one attached hydrogen (secondary N) is 1. The molecule has 1 aliphatic carbocycles. The van der Waals surface area contributed by atoms with E-state index in [2.05, 4.69) is 5.32 Å². The first-order chi connectivity index (χ1) is 19.0. The lowest BCUT2D eigenvalue weighted by Gasteiger charge is -2.45. The van der Waals surface area contributed by atoms with Gasteiger partial charge in [-0.25, -0.2) is 4.68 Å². The molecule has 14 heteroatoms. The van der Waals surface area contributed by atoms with Gasteiger partial charge in [0.25, 0.3) is 0 Å². The number of rotatable bonds is 10. The van der Waals surface area contributed by atoms with Crippen molar-refractivity contribution in [2.24, 2.45) is 0 Å². The first kappa shape index (κ1) is 29.2. The Morgan fingerprint density at radius 2 is 1.65 bits per heavy atom. The molecule has 2 aromatic rings. The number of ether oxygens (including phenoxy) is 5. The predicted octanol–water partition coefficient (Wildman–Crippen LogP) is 2.16. The van der Waals surface area contributed by atoms with Crippen molar-refractivity contribution in [1.82, 2.24) is 19.7 Å². The van der Waals surface area contributed by atoms with Gasteiger partial charge in [-0.05, 0) is 37.2 Å². The third-order valence-corrected chi connectivity index (χ3v) is 6.64. The van der Waals surface area contributed by atoms with Gasteiger partial charge in [0.15, 0.2) is 24.3 Å². The van der Waals surface area contributed by atoms with Crippen molar-refractivity contribution in [2.45, 2.75) is 83.8 Å². The standard InChI is InChI=1S/C26H32N4O9S/c1-14(31)27-22-24(38-17(4)34)23(37-16(3)33)20(12-35-15(2)32)39-25(22)30-26(40)29(18-10-11-18)21(28-30)13-36-19-8-6-5-7-9-19/h5-9,18,20,22-25H,10-13H2,1-4H3,(H,27,31)/t20-,22-,23-,24-,25-/m1/s1. The van der Waals surface area contributed by atoms with Crippen LogP contribution in [0.25, 0.3) is 0 Å². The zero-order valence-corrected chi connectivity index (χ0v) is 23.4. The highest BCUT2D eigenvalue weighted by Crippen LogP contribution is 2.38. The number of carbonyl (C=O) groups is 4. The van der Waals surface area contributed by atoms with Crippen LogP contribution >= 0.6 is 12.2 Å². The summed E-state index contributed by atoms with van der Waals surface area (Å²) in [6.45, 7) is 4.66. The third-order valence-electron chi connectivity index (χ3n) is 6.26. The molecule has 0 bridgehead atoms. The van der Waals surface area contributed by atoms with E-state index in [0.717, 1.165) is 12.8 Å². The van der Waals surface area contributed by atoms with Crippen molar-refractivity contribution in [2.75, 3.05) is 6.61 Å². The number of benzene rings is 1. The SMILES string of the molecule is CC(=O)N[C@@H]1[C@@H](OC(C)=O)[C@H](OC(C)=O)[C@@H](COC(C)=O)O[C@H]1n1nc(COc2ccccc2)n(C2CC2)c1=S. The van der Waals surface area contributed by atoms with Crippen LogP contribution in [-0.4, -0.2) is 69.1 Å². The van der Waals surface area contributed by atoms with Crippen molar-refractivity contribution in [1.29, 1.82) is 0 Å². The van der Waals surface area contributed by atoms with Gasteiger partial charge >= 0.3 is 17.9 Å². The van der Waals surface area contributed by atoms with Gasteiger partial charge < -0.3 is 29.0 Å². The lowest BCUT2D eigenvalue weighted by Crippen LogP contribution is -2.64. The maximum absolute atomic E-state index is 12.3. The Labute approximate surface area is 235 Å². The molecule has 1 aliphatic heterocycles. The van der Waals surface area contributed by atoms with Crippen LogP contribution in [0.15, 0.2) is 30.3 Å². The van der Waals surface area contributed by atoms with Gasteiger partial charge in [0.05, 0.1) is 0 Å².